The second-order valence-electron chi connectivity index (χ2n) is 5.00. The Hall–Kier alpha value is -2.15. The van der Waals surface area contributed by atoms with Crippen molar-refractivity contribution in [3.8, 4) is 0 Å². The number of hydrazine groups is 1. The molecule has 20 heavy (non-hydrogen) atoms. The summed E-state index contributed by atoms with van der Waals surface area (Å²) < 4.78 is 7.33. The zero-order valence-electron chi connectivity index (χ0n) is 11.3. The molecule has 106 valence electrons. The first-order valence-electron chi connectivity index (χ1n) is 6.70. The fourth-order valence-electron chi connectivity index (χ4n) is 2.67. The molecule has 3 N–H and O–H groups in total. The van der Waals surface area contributed by atoms with E-state index < -0.39 is 5.91 Å². The zero-order chi connectivity index (χ0) is 14.1. The number of nitrogen functional groups attached to an aromatic ring is 1. The molecule has 0 atom stereocenters. The zero-order valence-corrected chi connectivity index (χ0v) is 11.3. The van der Waals surface area contributed by atoms with Crippen LogP contribution >= 0.6 is 0 Å². The summed E-state index contributed by atoms with van der Waals surface area (Å²) in [7, 11) is 0. The average Bonchev–Trinajstić information content (AvgIpc) is 3.04. The van der Waals surface area contributed by atoms with E-state index in [2.05, 4.69) is 14.7 Å². The molecule has 2 heterocycles. The van der Waals surface area contributed by atoms with E-state index in [1.54, 1.807) is 6.07 Å². The van der Waals surface area contributed by atoms with Crippen LogP contribution in [0.25, 0.3) is 0 Å². The minimum absolute atomic E-state index is 0.189. The number of nitrogens with zero attached hydrogens (tertiary/aromatic N) is 3. The predicted molar refractivity (Wildman–Crippen MR) is 70.9 cm³/mol. The molecule has 0 radical (unpaired) electrons. The number of hydrogen-bond acceptors (Lipinski definition) is 5. The SMILES string of the molecule is Cc1nc2c(n1Cc1cc(C(=O)NN)no1)CCCC2. The predicted octanol–water partition coefficient (Wildman–Crippen LogP) is 0.710. The number of carbonyl (C=O) groups excluding carboxylic acids is 1. The highest BCUT2D eigenvalue weighted by Crippen LogP contribution is 2.23. The minimum Gasteiger partial charge on any atom is -0.359 e. The number of imidazole rings is 1. The highest BCUT2D eigenvalue weighted by molar-refractivity contribution is 5.91. The van der Waals surface area contributed by atoms with Crippen molar-refractivity contribution in [2.45, 2.75) is 39.2 Å². The molecule has 0 fully saturated rings. The van der Waals surface area contributed by atoms with Gasteiger partial charge in [0.2, 0.25) is 0 Å². The number of hydrogen-bond donors (Lipinski definition) is 2. The van der Waals surface area contributed by atoms with Crippen molar-refractivity contribution in [2.75, 3.05) is 0 Å². The molecule has 0 unspecified atom stereocenters. The fraction of sp³-hybridized carbons (Fsp3) is 0.462. The van der Waals surface area contributed by atoms with Crippen molar-refractivity contribution in [3.63, 3.8) is 0 Å². The highest BCUT2D eigenvalue weighted by atomic mass is 16.5. The van der Waals surface area contributed by atoms with E-state index in [0.717, 1.165) is 18.7 Å². The number of aromatic nitrogens is 3. The van der Waals surface area contributed by atoms with Gasteiger partial charge in [-0.25, -0.2) is 10.8 Å². The van der Waals surface area contributed by atoms with E-state index in [9.17, 15) is 4.79 Å². The van der Waals surface area contributed by atoms with Crippen molar-refractivity contribution in [2.24, 2.45) is 5.84 Å². The lowest BCUT2D eigenvalue weighted by Gasteiger charge is -2.13. The summed E-state index contributed by atoms with van der Waals surface area (Å²) in [6.45, 7) is 2.53. The standard InChI is InChI=1S/C13H17N5O2/c1-8-15-10-4-2-3-5-12(10)18(8)7-9-6-11(17-20-9)13(19)16-14/h6H,2-5,7,14H2,1H3,(H,16,19). The first-order chi connectivity index (χ1) is 9.69. The molecule has 2 aromatic heterocycles. The maximum absolute atomic E-state index is 11.4. The molecule has 0 bridgehead atoms. The number of rotatable bonds is 3. The molecule has 3 rings (SSSR count). The van der Waals surface area contributed by atoms with Crippen molar-refractivity contribution in [3.05, 3.63) is 34.7 Å². The van der Waals surface area contributed by atoms with Crippen LogP contribution in [0.5, 0.6) is 0 Å². The smallest absolute Gasteiger partial charge is 0.287 e. The summed E-state index contributed by atoms with van der Waals surface area (Å²) in [6.07, 6.45) is 4.48. The Morgan fingerprint density at radius 3 is 3.10 bits per heavy atom. The molecule has 1 aliphatic rings. The van der Waals surface area contributed by atoms with Gasteiger partial charge in [-0.15, -0.1) is 0 Å². The first kappa shape index (κ1) is 12.9. The van der Waals surface area contributed by atoms with Gasteiger partial charge >= 0.3 is 0 Å². The van der Waals surface area contributed by atoms with Gasteiger partial charge in [0.05, 0.1) is 12.2 Å². The number of nitrogens with two attached hydrogens (primary N) is 1. The maximum atomic E-state index is 11.4. The second kappa shape index (κ2) is 5.09. The summed E-state index contributed by atoms with van der Waals surface area (Å²) in [4.78, 5) is 16.0. The van der Waals surface area contributed by atoms with Crippen LogP contribution in [0.2, 0.25) is 0 Å². The molecule has 7 nitrogen and oxygen atoms in total. The Morgan fingerprint density at radius 1 is 1.50 bits per heavy atom. The van der Waals surface area contributed by atoms with Crippen LogP contribution in [0.15, 0.2) is 10.6 Å². The summed E-state index contributed by atoms with van der Waals surface area (Å²) in [5.41, 5.74) is 4.68. The molecule has 0 aromatic carbocycles. The lowest BCUT2D eigenvalue weighted by Crippen LogP contribution is -2.30. The molecule has 1 amide bonds. The van der Waals surface area contributed by atoms with Gasteiger partial charge in [0.1, 0.15) is 5.82 Å². The summed E-state index contributed by atoms with van der Waals surface area (Å²) in [5.74, 6) is 6.21. The van der Waals surface area contributed by atoms with Crippen molar-refractivity contribution >= 4 is 5.91 Å². The van der Waals surface area contributed by atoms with Crippen LogP contribution in [-0.2, 0) is 19.4 Å². The first-order valence-corrected chi connectivity index (χ1v) is 6.70. The van der Waals surface area contributed by atoms with Crippen LogP contribution in [0.4, 0.5) is 0 Å². The number of fused-ring (bicyclic) bond motifs is 1. The molecule has 0 spiro atoms. The number of nitrogens with one attached hydrogen (secondary N) is 1. The topological polar surface area (TPSA) is 99.0 Å². The van der Waals surface area contributed by atoms with Gasteiger partial charge in [-0.1, -0.05) is 5.16 Å². The monoisotopic (exact) mass is 275 g/mol. The van der Waals surface area contributed by atoms with Crippen LogP contribution in [0.1, 0.15) is 46.3 Å². The Labute approximate surface area is 116 Å². The summed E-state index contributed by atoms with van der Waals surface area (Å²) in [5, 5.41) is 3.71. The molecular weight excluding hydrogens is 258 g/mol. The molecule has 0 saturated carbocycles. The number of aryl methyl sites for hydroxylation is 2. The Balaban J connectivity index is 1.86. The molecular formula is C13H17N5O2. The average molecular weight is 275 g/mol. The number of carbonyl (C=O) groups is 1. The Bertz CT molecular complexity index is 643. The highest BCUT2D eigenvalue weighted by Gasteiger charge is 2.19. The Morgan fingerprint density at radius 2 is 2.30 bits per heavy atom. The van der Waals surface area contributed by atoms with Gasteiger partial charge in [0.25, 0.3) is 5.91 Å². The van der Waals surface area contributed by atoms with Crippen LogP contribution in [0, 0.1) is 6.92 Å². The van der Waals surface area contributed by atoms with E-state index in [1.165, 1.54) is 24.2 Å². The van der Waals surface area contributed by atoms with Crippen LogP contribution in [0.3, 0.4) is 0 Å². The third-order valence-electron chi connectivity index (χ3n) is 3.66. The van der Waals surface area contributed by atoms with Crippen LogP contribution < -0.4 is 11.3 Å². The van der Waals surface area contributed by atoms with E-state index in [0.29, 0.717) is 12.3 Å². The lowest BCUT2D eigenvalue weighted by molar-refractivity contribution is 0.0944. The molecule has 0 saturated heterocycles. The lowest BCUT2D eigenvalue weighted by atomic mass is 10.0. The van der Waals surface area contributed by atoms with E-state index >= 15 is 0 Å². The van der Waals surface area contributed by atoms with Gasteiger partial charge in [-0.2, -0.15) is 0 Å². The maximum Gasteiger partial charge on any atom is 0.287 e. The molecule has 2 aromatic rings. The van der Waals surface area contributed by atoms with Gasteiger partial charge in [0, 0.05) is 11.8 Å². The van der Waals surface area contributed by atoms with Gasteiger partial charge in [-0.3, -0.25) is 10.2 Å². The van der Waals surface area contributed by atoms with Crippen molar-refractivity contribution in [1.29, 1.82) is 0 Å². The van der Waals surface area contributed by atoms with Crippen molar-refractivity contribution in [1.82, 2.24) is 20.1 Å². The van der Waals surface area contributed by atoms with E-state index in [-0.39, 0.29) is 5.69 Å². The number of amides is 1. The van der Waals surface area contributed by atoms with Crippen LogP contribution in [-0.4, -0.2) is 20.6 Å². The molecule has 0 aliphatic heterocycles. The minimum atomic E-state index is -0.454. The van der Waals surface area contributed by atoms with E-state index in [4.69, 9.17) is 10.4 Å². The third kappa shape index (κ3) is 2.20. The fourth-order valence-corrected chi connectivity index (χ4v) is 2.67. The summed E-state index contributed by atoms with van der Waals surface area (Å²) >= 11 is 0. The normalized spacial score (nSPS) is 14.1. The van der Waals surface area contributed by atoms with Gasteiger partial charge in [-0.05, 0) is 32.6 Å². The van der Waals surface area contributed by atoms with Gasteiger partial charge < -0.3 is 9.09 Å². The van der Waals surface area contributed by atoms with Crippen molar-refractivity contribution < 1.29 is 9.32 Å². The quantitative estimate of drug-likeness (QED) is 0.488. The van der Waals surface area contributed by atoms with E-state index in [1.807, 2.05) is 12.3 Å². The Kier molecular flexibility index (Phi) is 3.27. The second-order valence-corrected chi connectivity index (χ2v) is 5.00. The third-order valence-corrected chi connectivity index (χ3v) is 3.66. The summed E-state index contributed by atoms with van der Waals surface area (Å²) in [6, 6.07) is 1.61. The largest absolute Gasteiger partial charge is 0.359 e. The molecule has 1 aliphatic carbocycles. The van der Waals surface area contributed by atoms with Gasteiger partial charge in [0.15, 0.2) is 11.5 Å². The molecule has 7 heteroatoms.